The highest BCUT2D eigenvalue weighted by Crippen LogP contribution is 2.29. The fourth-order valence-corrected chi connectivity index (χ4v) is 2.05. The van der Waals surface area contributed by atoms with Crippen LogP contribution in [0.1, 0.15) is 11.4 Å². The molecule has 0 atom stereocenters. The molecule has 0 aliphatic carbocycles. The van der Waals surface area contributed by atoms with Crippen molar-refractivity contribution in [1.82, 2.24) is 4.98 Å². The second-order valence-electron chi connectivity index (χ2n) is 4.56. The number of aryl methyl sites for hydroxylation is 1. The van der Waals surface area contributed by atoms with Crippen molar-refractivity contribution in [1.29, 1.82) is 0 Å². The van der Waals surface area contributed by atoms with Crippen LogP contribution in [0.25, 0.3) is 0 Å². The number of hydrogen-bond acceptors (Lipinski definition) is 5. The lowest BCUT2D eigenvalue weighted by Gasteiger charge is -2.12. The third kappa shape index (κ3) is 3.78. The molecule has 5 heteroatoms. The predicted molar refractivity (Wildman–Crippen MR) is 82.4 cm³/mol. The monoisotopic (exact) mass is 288 g/mol. The molecule has 0 fully saturated rings. The van der Waals surface area contributed by atoms with Crippen LogP contribution in [0, 0.1) is 6.92 Å². The topological polar surface area (TPSA) is 52.6 Å². The fourth-order valence-electron chi connectivity index (χ4n) is 2.05. The minimum absolute atomic E-state index is 0.605. The summed E-state index contributed by atoms with van der Waals surface area (Å²) in [5.41, 5.74) is 2.79. The van der Waals surface area contributed by atoms with Gasteiger partial charge in [-0.2, -0.15) is 0 Å². The minimum Gasteiger partial charge on any atom is -0.497 e. The fraction of sp³-hybridized carbons (Fsp3) is 0.312. The van der Waals surface area contributed by atoms with Crippen molar-refractivity contribution in [2.24, 2.45) is 0 Å². The number of pyridine rings is 1. The summed E-state index contributed by atoms with van der Waals surface area (Å²) in [4.78, 5) is 4.47. The lowest BCUT2D eigenvalue weighted by atomic mass is 10.2. The molecule has 0 radical (unpaired) electrons. The Balaban J connectivity index is 2.11. The molecule has 2 aromatic rings. The van der Waals surface area contributed by atoms with E-state index in [1.807, 2.05) is 37.3 Å². The van der Waals surface area contributed by atoms with Crippen LogP contribution in [0.3, 0.4) is 0 Å². The maximum absolute atomic E-state index is 5.28. The lowest BCUT2D eigenvalue weighted by Crippen LogP contribution is -2.03. The van der Waals surface area contributed by atoms with Gasteiger partial charge in [0.1, 0.15) is 5.75 Å². The standard InChI is InChI=1S/C16H20N2O3/c1-11-7-14(19-2)8-13(18-11)10-17-12-5-6-15(20-3)16(9-12)21-4/h5-9,17H,10H2,1-4H3. The van der Waals surface area contributed by atoms with E-state index in [1.165, 1.54) is 0 Å². The van der Waals surface area contributed by atoms with Gasteiger partial charge in [-0.05, 0) is 19.1 Å². The Morgan fingerprint density at radius 1 is 0.952 bits per heavy atom. The molecule has 5 nitrogen and oxygen atoms in total. The maximum Gasteiger partial charge on any atom is 0.162 e. The average Bonchev–Trinajstić information content (AvgIpc) is 2.52. The Hall–Kier alpha value is -2.43. The molecule has 1 heterocycles. The average molecular weight is 288 g/mol. The Morgan fingerprint density at radius 2 is 1.71 bits per heavy atom. The van der Waals surface area contributed by atoms with Gasteiger partial charge < -0.3 is 19.5 Å². The molecule has 1 aromatic heterocycles. The molecule has 0 bridgehead atoms. The van der Waals surface area contributed by atoms with E-state index in [0.29, 0.717) is 18.0 Å². The predicted octanol–water partition coefficient (Wildman–Crippen LogP) is 3.03. The van der Waals surface area contributed by atoms with Crippen LogP contribution >= 0.6 is 0 Å². The van der Waals surface area contributed by atoms with E-state index >= 15 is 0 Å². The largest absolute Gasteiger partial charge is 0.497 e. The third-order valence-corrected chi connectivity index (χ3v) is 3.07. The molecule has 1 aromatic carbocycles. The van der Waals surface area contributed by atoms with Gasteiger partial charge >= 0.3 is 0 Å². The summed E-state index contributed by atoms with van der Waals surface area (Å²) in [5, 5.41) is 3.31. The number of nitrogens with one attached hydrogen (secondary N) is 1. The smallest absolute Gasteiger partial charge is 0.162 e. The molecule has 0 spiro atoms. The van der Waals surface area contributed by atoms with Crippen molar-refractivity contribution in [3.63, 3.8) is 0 Å². The zero-order chi connectivity index (χ0) is 15.2. The highest BCUT2D eigenvalue weighted by molar-refractivity contribution is 5.54. The van der Waals surface area contributed by atoms with E-state index in [9.17, 15) is 0 Å². The van der Waals surface area contributed by atoms with Gasteiger partial charge in [0, 0.05) is 29.6 Å². The van der Waals surface area contributed by atoms with Crippen molar-refractivity contribution < 1.29 is 14.2 Å². The number of anilines is 1. The summed E-state index contributed by atoms with van der Waals surface area (Å²) in [5.74, 6) is 2.21. The summed E-state index contributed by atoms with van der Waals surface area (Å²) < 4.78 is 15.8. The van der Waals surface area contributed by atoms with Gasteiger partial charge in [-0.25, -0.2) is 0 Å². The highest BCUT2D eigenvalue weighted by atomic mass is 16.5. The van der Waals surface area contributed by atoms with Gasteiger partial charge in [0.2, 0.25) is 0 Å². The number of methoxy groups -OCH3 is 3. The zero-order valence-corrected chi connectivity index (χ0v) is 12.8. The van der Waals surface area contributed by atoms with E-state index in [-0.39, 0.29) is 0 Å². The van der Waals surface area contributed by atoms with Gasteiger partial charge in [-0.1, -0.05) is 0 Å². The first-order valence-corrected chi connectivity index (χ1v) is 6.63. The van der Waals surface area contributed by atoms with Gasteiger partial charge in [-0.15, -0.1) is 0 Å². The number of rotatable bonds is 6. The maximum atomic E-state index is 5.28. The molecule has 0 amide bonds. The second-order valence-corrected chi connectivity index (χ2v) is 4.56. The van der Waals surface area contributed by atoms with E-state index < -0.39 is 0 Å². The minimum atomic E-state index is 0.605. The first-order valence-electron chi connectivity index (χ1n) is 6.63. The van der Waals surface area contributed by atoms with Gasteiger partial charge in [0.15, 0.2) is 11.5 Å². The van der Waals surface area contributed by atoms with Crippen molar-refractivity contribution in [3.8, 4) is 17.2 Å². The van der Waals surface area contributed by atoms with E-state index in [1.54, 1.807) is 21.3 Å². The van der Waals surface area contributed by atoms with Crippen LogP contribution in [0.15, 0.2) is 30.3 Å². The van der Waals surface area contributed by atoms with Crippen LogP contribution in [0.2, 0.25) is 0 Å². The van der Waals surface area contributed by atoms with Crippen LogP contribution in [-0.4, -0.2) is 26.3 Å². The third-order valence-electron chi connectivity index (χ3n) is 3.07. The summed E-state index contributed by atoms with van der Waals surface area (Å²) in [6, 6.07) is 9.52. The molecule has 112 valence electrons. The summed E-state index contributed by atoms with van der Waals surface area (Å²) in [6.07, 6.45) is 0. The summed E-state index contributed by atoms with van der Waals surface area (Å²) in [7, 11) is 4.89. The van der Waals surface area contributed by atoms with Crippen molar-refractivity contribution in [2.75, 3.05) is 26.6 Å². The molecule has 0 aliphatic heterocycles. The molecule has 1 N–H and O–H groups in total. The Kier molecular flexibility index (Phi) is 4.87. The van der Waals surface area contributed by atoms with Crippen LogP contribution in [0.4, 0.5) is 5.69 Å². The number of aromatic nitrogens is 1. The van der Waals surface area contributed by atoms with Crippen molar-refractivity contribution in [3.05, 3.63) is 41.7 Å². The van der Waals surface area contributed by atoms with Gasteiger partial charge in [-0.3, -0.25) is 4.98 Å². The van der Waals surface area contributed by atoms with E-state index in [0.717, 1.165) is 22.8 Å². The van der Waals surface area contributed by atoms with Crippen molar-refractivity contribution >= 4 is 5.69 Å². The van der Waals surface area contributed by atoms with Crippen molar-refractivity contribution in [2.45, 2.75) is 13.5 Å². The number of nitrogens with zero attached hydrogens (tertiary/aromatic N) is 1. The molecule has 2 rings (SSSR count). The van der Waals surface area contributed by atoms with Crippen LogP contribution < -0.4 is 19.5 Å². The number of ether oxygens (including phenoxy) is 3. The Labute approximate surface area is 124 Å². The summed E-state index contributed by atoms with van der Waals surface area (Å²) in [6.45, 7) is 2.55. The van der Waals surface area contributed by atoms with Gasteiger partial charge in [0.05, 0.1) is 33.6 Å². The summed E-state index contributed by atoms with van der Waals surface area (Å²) >= 11 is 0. The zero-order valence-electron chi connectivity index (χ0n) is 12.8. The number of benzene rings is 1. The quantitative estimate of drug-likeness (QED) is 0.885. The first kappa shape index (κ1) is 15.0. The Morgan fingerprint density at radius 3 is 2.38 bits per heavy atom. The molecule has 0 saturated heterocycles. The lowest BCUT2D eigenvalue weighted by molar-refractivity contribution is 0.355. The molecule has 21 heavy (non-hydrogen) atoms. The molecular formula is C16H20N2O3. The highest BCUT2D eigenvalue weighted by Gasteiger charge is 2.05. The molecule has 0 unspecified atom stereocenters. The molecule has 0 saturated carbocycles. The first-order chi connectivity index (χ1) is 10.2. The Bertz CT molecular complexity index is 614. The SMILES string of the molecule is COc1cc(C)nc(CNc2ccc(OC)c(OC)c2)c1. The van der Waals surface area contributed by atoms with E-state index in [2.05, 4.69) is 10.3 Å². The van der Waals surface area contributed by atoms with E-state index in [4.69, 9.17) is 14.2 Å². The number of hydrogen-bond donors (Lipinski definition) is 1. The van der Waals surface area contributed by atoms with Gasteiger partial charge in [0.25, 0.3) is 0 Å². The normalized spacial score (nSPS) is 10.1. The molecular weight excluding hydrogens is 268 g/mol. The van der Waals surface area contributed by atoms with Crippen LogP contribution in [-0.2, 0) is 6.54 Å². The second kappa shape index (κ2) is 6.83. The van der Waals surface area contributed by atoms with Crippen LogP contribution in [0.5, 0.6) is 17.2 Å². The molecule has 0 aliphatic rings.